The Bertz CT molecular complexity index is 1920. The third-order valence-corrected chi connectivity index (χ3v) is 10.5. The van der Waals surface area contributed by atoms with Crippen LogP contribution in [0.5, 0.6) is 11.5 Å². The number of likely N-dealkylation sites (N-methyl/N-ethyl adjacent to an activating group) is 2. The SMILES string of the molecule is CC(C)CCCCCCCC(=O)N(C)[C@H](CO)C(=O)N[C@H](C)C(=O)NCC(=O)N(C)C1C(=O)N[C@@H](C)C(=O)NC(C(=O)O)Cc2cc(c(O)c(N(O)O)c2)-c2cc1ccc2O. The first-order chi connectivity index (χ1) is 28.7. The van der Waals surface area contributed by atoms with Gasteiger partial charge in [0.2, 0.25) is 35.4 Å². The highest BCUT2D eigenvalue weighted by Gasteiger charge is 2.34. The van der Waals surface area contributed by atoms with Gasteiger partial charge in [0.05, 0.1) is 13.2 Å². The minimum absolute atomic E-state index is 0.0211. The minimum Gasteiger partial charge on any atom is -0.507 e. The molecule has 2 unspecified atom stereocenters. The lowest BCUT2D eigenvalue weighted by Gasteiger charge is -2.30. The number of rotatable bonds is 18. The normalized spacial score (nSPS) is 17.5. The van der Waals surface area contributed by atoms with E-state index in [-0.39, 0.29) is 34.6 Å². The van der Waals surface area contributed by atoms with Crippen molar-refractivity contribution in [3.63, 3.8) is 0 Å². The maximum atomic E-state index is 13.9. The molecule has 5 atom stereocenters. The molecule has 0 spiro atoms. The van der Waals surface area contributed by atoms with Gasteiger partial charge in [0.25, 0.3) is 0 Å². The Labute approximate surface area is 353 Å². The van der Waals surface area contributed by atoms with E-state index in [2.05, 4.69) is 35.1 Å². The number of hydrogen-bond acceptors (Lipinski definition) is 13. The summed E-state index contributed by atoms with van der Waals surface area (Å²) in [6, 6.07) is -1.15. The molecule has 0 saturated heterocycles. The number of carbonyl (C=O) groups is 7. The van der Waals surface area contributed by atoms with Crippen molar-refractivity contribution < 1.29 is 64.4 Å². The number of carbonyl (C=O) groups excluding carboxylic acids is 6. The first-order valence-electron chi connectivity index (χ1n) is 20.1. The first-order valence-corrected chi connectivity index (χ1v) is 20.1. The van der Waals surface area contributed by atoms with Crippen molar-refractivity contribution in [2.24, 2.45) is 5.92 Å². The van der Waals surface area contributed by atoms with E-state index in [1.54, 1.807) is 0 Å². The molecule has 4 bridgehead atoms. The monoisotopic (exact) mass is 857 g/mol. The number of phenols is 2. The smallest absolute Gasteiger partial charge is 0.326 e. The molecular formula is C41H59N7O13. The molecule has 1 aliphatic heterocycles. The van der Waals surface area contributed by atoms with E-state index < -0.39 is 108 Å². The number of carboxylic acid groups (broad SMARTS) is 1. The molecule has 3 rings (SSSR count). The number of hydrogen-bond donors (Lipinski definition) is 10. The molecule has 10 N–H and O–H groups in total. The van der Waals surface area contributed by atoms with Crippen LogP contribution in [-0.4, -0.2) is 133 Å². The van der Waals surface area contributed by atoms with Crippen LogP contribution in [0.25, 0.3) is 11.1 Å². The maximum Gasteiger partial charge on any atom is 0.326 e. The first kappa shape index (κ1) is 49.4. The van der Waals surface area contributed by atoms with E-state index in [4.69, 9.17) is 0 Å². The van der Waals surface area contributed by atoms with Crippen molar-refractivity contribution in [1.29, 1.82) is 0 Å². The van der Waals surface area contributed by atoms with Gasteiger partial charge in [-0.3, -0.25) is 39.2 Å². The molecule has 20 nitrogen and oxygen atoms in total. The number of aromatic hydroxyl groups is 2. The molecule has 61 heavy (non-hydrogen) atoms. The van der Waals surface area contributed by atoms with Crippen molar-refractivity contribution in [3.05, 3.63) is 41.5 Å². The predicted molar refractivity (Wildman–Crippen MR) is 219 cm³/mol. The Hall–Kier alpha value is -5.99. The topological polar surface area (TPSA) is 299 Å². The molecule has 0 radical (unpaired) electrons. The molecule has 0 saturated carbocycles. The average molecular weight is 858 g/mol. The summed E-state index contributed by atoms with van der Waals surface area (Å²) in [7, 11) is 2.60. The number of unbranched alkanes of at least 4 members (excludes halogenated alkanes) is 4. The van der Waals surface area contributed by atoms with Gasteiger partial charge in [-0.2, -0.15) is 0 Å². The van der Waals surface area contributed by atoms with Crippen LogP contribution in [0, 0.1) is 5.92 Å². The van der Waals surface area contributed by atoms with Crippen LogP contribution in [0.1, 0.15) is 89.8 Å². The molecule has 6 amide bonds. The molecule has 2 aromatic carbocycles. The van der Waals surface area contributed by atoms with Crippen LogP contribution < -0.4 is 26.5 Å². The highest BCUT2D eigenvalue weighted by molar-refractivity contribution is 5.96. The van der Waals surface area contributed by atoms with Gasteiger partial charge in [0.15, 0.2) is 5.75 Å². The van der Waals surface area contributed by atoms with Gasteiger partial charge in [-0.15, -0.1) is 5.23 Å². The summed E-state index contributed by atoms with van der Waals surface area (Å²) in [5.74, 6) is -6.79. The number of anilines is 1. The fourth-order valence-corrected chi connectivity index (χ4v) is 6.78. The number of carboxylic acids is 1. The van der Waals surface area contributed by atoms with Gasteiger partial charge in [0, 0.05) is 38.1 Å². The van der Waals surface area contributed by atoms with Crippen LogP contribution in [0.15, 0.2) is 30.3 Å². The van der Waals surface area contributed by atoms with Gasteiger partial charge >= 0.3 is 5.97 Å². The van der Waals surface area contributed by atoms with Gasteiger partial charge in [-0.05, 0) is 61.6 Å². The van der Waals surface area contributed by atoms with Gasteiger partial charge in [-0.1, -0.05) is 52.0 Å². The summed E-state index contributed by atoms with van der Waals surface area (Å²) >= 11 is 0. The molecule has 20 heteroatoms. The maximum absolute atomic E-state index is 13.9. The highest BCUT2D eigenvalue weighted by Crippen LogP contribution is 2.43. The van der Waals surface area contributed by atoms with E-state index in [1.807, 2.05) is 0 Å². The summed E-state index contributed by atoms with van der Waals surface area (Å²) in [4.78, 5) is 93.9. The van der Waals surface area contributed by atoms with Gasteiger partial charge in [0.1, 0.15) is 41.6 Å². The Balaban J connectivity index is 1.80. The Kier molecular flexibility index (Phi) is 18.3. The zero-order chi connectivity index (χ0) is 45.7. The van der Waals surface area contributed by atoms with E-state index in [0.29, 0.717) is 12.3 Å². The Morgan fingerprint density at radius 2 is 1.51 bits per heavy atom. The Morgan fingerprint density at radius 1 is 0.852 bits per heavy atom. The quantitative estimate of drug-likeness (QED) is 0.0747. The van der Waals surface area contributed by atoms with Crippen LogP contribution in [-0.2, 0) is 40.0 Å². The van der Waals surface area contributed by atoms with E-state index in [0.717, 1.165) is 54.0 Å². The van der Waals surface area contributed by atoms with E-state index in [1.165, 1.54) is 46.1 Å². The van der Waals surface area contributed by atoms with Crippen LogP contribution in [0.4, 0.5) is 5.69 Å². The second kappa shape index (κ2) is 22.6. The lowest BCUT2D eigenvalue weighted by Crippen LogP contribution is -2.55. The number of aliphatic hydroxyl groups excluding tert-OH is 1. The second-order valence-electron chi connectivity index (χ2n) is 15.7. The number of nitrogens with one attached hydrogen (secondary N) is 4. The van der Waals surface area contributed by atoms with E-state index >= 15 is 0 Å². The van der Waals surface area contributed by atoms with Gasteiger partial charge < -0.3 is 51.5 Å². The molecule has 2 aromatic rings. The fourth-order valence-electron chi connectivity index (χ4n) is 6.78. The summed E-state index contributed by atoms with van der Waals surface area (Å²) in [6.07, 6.45) is 5.54. The lowest BCUT2D eigenvalue weighted by atomic mass is 9.93. The average Bonchev–Trinajstić information content (AvgIpc) is 3.19. The molecule has 0 fully saturated rings. The van der Waals surface area contributed by atoms with Crippen molar-refractivity contribution in [2.45, 2.75) is 109 Å². The van der Waals surface area contributed by atoms with Crippen molar-refractivity contribution in [1.82, 2.24) is 31.1 Å². The largest absolute Gasteiger partial charge is 0.507 e. The minimum atomic E-state index is -1.61. The summed E-state index contributed by atoms with van der Waals surface area (Å²) in [6.45, 7) is 5.51. The number of aliphatic hydroxyl groups is 1. The Morgan fingerprint density at radius 3 is 2.13 bits per heavy atom. The fraction of sp³-hybridized carbons (Fsp3) is 0.537. The van der Waals surface area contributed by atoms with E-state index in [9.17, 15) is 64.4 Å². The summed E-state index contributed by atoms with van der Waals surface area (Å²) in [5, 5.41) is 70.7. The third-order valence-electron chi connectivity index (χ3n) is 10.5. The highest BCUT2D eigenvalue weighted by atomic mass is 16.8. The number of aliphatic carboxylic acids is 1. The molecule has 1 aliphatic rings. The number of fused-ring (bicyclic) bond motifs is 5. The zero-order valence-electron chi connectivity index (χ0n) is 35.3. The van der Waals surface area contributed by atoms with Crippen molar-refractivity contribution in [3.8, 4) is 22.6 Å². The number of amides is 6. The number of benzene rings is 2. The third kappa shape index (κ3) is 13.5. The van der Waals surface area contributed by atoms with Gasteiger partial charge in [-0.25, -0.2) is 4.79 Å². The number of phenolic OH excluding ortho intramolecular Hbond substituents is 2. The zero-order valence-corrected chi connectivity index (χ0v) is 35.3. The molecule has 0 aliphatic carbocycles. The summed E-state index contributed by atoms with van der Waals surface area (Å²) in [5.41, 5.74) is -0.921. The number of nitrogens with zero attached hydrogens (tertiary/aromatic N) is 3. The molecule has 1 heterocycles. The second-order valence-corrected chi connectivity index (χ2v) is 15.7. The standard InChI is InChI=1S/C41H59N7O13/c1-22(2)12-10-8-7-9-11-13-33(51)46(5)31(21-49)39(56)43-23(3)37(54)42-20-34(52)47(6)35-26-14-15-32(50)27(19-26)28-16-25(18-30(36(28)53)48(60)61)17-29(41(58)59)45-38(55)24(4)44-40(35)57/h14-16,18-19,22-24,29,31,35,49-50,53,60-61H,7-13,17,20-21H2,1-6H3,(H,42,54)(H,43,56)(H,44,57)(H,45,55)(H,58,59)/t23-,24+,29?,31-,35?/m1/s1. The van der Waals surface area contributed by atoms with Crippen LogP contribution in [0.2, 0.25) is 0 Å². The predicted octanol–water partition coefficient (Wildman–Crippen LogP) is 1.31. The molecular weight excluding hydrogens is 798 g/mol. The lowest BCUT2D eigenvalue weighted by molar-refractivity contribution is -0.143. The van der Waals surface area contributed by atoms with Crippen LogP contribution >= 0.6 is 0 Å². The molecule has 336 valence electrons. The molecule has 0 aromatic heterocycles. The van der Waals surface area contributed by atoms with Crippen molar-refractivity contribution >= 4 is 47.1 Å². The summed E-state index contributed by atoms with van der Waals surface area (Å²) < 4.78 is 0. The van der Waals surface area contributed by atoms with Crippen molar-refractivity contribution in [2.75, 3.05) is 32.5 Å². The van der Waals surface area contributed by atoms with Crippen LogP contribution in [0.3, 0.4) is 0 Å².